The van der Waals surface area contributed by atoms with Crippen LogP contribution in [0.3, 0.4) is 0 Å². The number of anilines is 1. The molecular formula is C24H31N7O8. The molecule has 1 aliphatic rings. The molecule has 0 aliphatic carbocycles. The number of amides is 1. The highest BCUT2D eigenvalue weighted by atomic mass is 16.6. The number of nitro benzene ring substituents is 1. The van der Waals surface area contributed by atoms with Crippen LogP contribution in [0.5, 0.6) is 0 Å². The summed E-state index contributed by atoms with van der Waals surface area (Å²) in [5.41, 5.74) is 1.81. The van der Waals surface area contributed by atoms with Crippen LogP contribution in [0.25, 0.3) is 11.2 Å². The molecule has 39 heavy (non-hydrogen) atoms. The van der Waals surface area contributed by atoms with Crippen LogP contribution in [0.1, 0.15) is 24.6 Å². The number of carbonyl (C=O) groups is 1. The van der Waals surface area contributed by atoms with Crippen molar-refractivity contribution in [2.45, 2.75) is 43.8 Å². The summed E-state index contributed by atoms with van der Waals surface area (Å²) in [5.74, 6) is 0.363. The largest absolute Gasteiger partial charge is 0.394 e. The molecule has 15 heteroatoms. The zero-order chi connectivity index (χ0) is 27.8. The first-order chi connectivity index (χ1) is 18.9. The number of hydrogen-bond acceptors (Lipinski definition) is 12. The maximum atomic E-state index is 12.0. The third-order valence-electron chi connectivity index (χ3n) is 6.27. The lowest BCUT2D eigenvalue weighted by molar-refractivity contribution is -0.384. The van der Waals surface area contributed by atoms with Gasteiger partial charge in [0, 0.05) is 31.6 Å². The van der Waals surface area contributed by atoms with Crippen LogP contribution < -0.4 is 10.6 Å². The number of benzene rings is 1. The summed E-state index contributed by atoms with van der Waals surface area (Å²) in [4.78, 5) is 35.0. The first-order valence-electron chi connectivity index (χ1n) is 12.5. The summed E-state index contributed by atoms with van der Waals surface area (Å²) >= 11 is 0. The van der Waals surface area contributed by atoms with E-state index in [2.05, 4.69) is 25.6 Å². The molecule has 4 atom stereocenters. The number of nitro groups is 1. The molecule has 1 amide bonds. The van der Waals surface area contributed by atoms with Crippen molar-refractivity contribution < 1.29 is 34.5 Å². The van der Waals surface area contributed by atoms with Crippen LogP contribution in [0.15, 0.2) is 36.9 Å². The average molecular weight is 546 g/mol. The Morgan fingerprint density at radius 3 is 2.62 bits per heavy atom. The van der Waals surface area contributed by atoms with Crippen LogP contribution >= 0.6 is 0 Å². The van der Waals surface area contributed by atoms with Gasteiger partial charge in [0.2, 0.25) is 5.91 Å². The van der Waals surface area contributed by atoms with Crippen molar-refractivity contribution in [1.29, 1.82) is 0 Å². The molecule has 2 aromatic heterocycles. The van der Waals surface area contributed by atoms with Crippen LogP contribution in [-0.4, -0.2) is 96.9 Å². The molecule has 5 N–H and O–H groups in total. The SMILES string of the molecule is O=C(CCCc1ccc([N+](=O)[O-])cc1)NCCOCCNc1ncnc2c1ncn2[C@@H]1O[C@H](CO)[C@@H](O)[C@H]1O. The molecule has 1 saturated heterocycles. The number of ether oxygens (including phenoxy) is 2. The molecule has 1 aromatic carbocycles. The molecule has 0 spiro atoms. The van der Waals surface area contributed by atoms with Gasteiger partial charge in [0.05, 0.1) is 31.1 Å². The Balaban J connectivity index is 1.13. The first-order valence-corrected chi connectivity index (χ1v) is 12.5. The lowest BCUT2D eigenvalue weighted by atomic mass is 10.1. The predicted molar refractivity (Wildman–Crippen MR) is 137 cm³/mol. The quantitative estimate of drug-likeness (QED) is 0.102. The van der Waals surface area contributed by atoms with Gasteiger partial charge in [0.25, 0.3) is 5.69 Å². The number of imidazole rings is 1. The van der Waals surface area contributed by atoms with Gasteiger partial charge in [-0.1, -0.05) is 12.1 Å². The van der Waals surface area contributed by atoms with Crippen molar-refractivity contribution in [2.75, 3.05) is 38.2 Å². The molecule has 4 rings (SSSR count). The Kier molecular flexibility index (Phi) is 9.67. The van der Waals surface area contributed by atoms with E-state index in [0.29, 0.717) is 62.5 Å². The van der Waals surface area contributed by atoms with Gasteiger partial charge in [-0.05, 0) is 18.4 Å². The Morgan fingerprint density at radius 1 is 1.13 bits per heavy atom. The van der Waals surface area contributed by atoms with Gasteiger partial charge in [0.1, 0.15) is 24.6 Å². The fourth-order valence-electron chi connectivity index (χ4n) is 4.21. The molecule has 0 saturated carbocycles. The van der Waals surface area contributed by atoms with Crippen molar-refractivity contribution in [2.24, 2.45) is 0 Å². The Bertz CT molecular complexity index is 1260. The van der Waals surface area contributed by atoms with Gasteiger partial charge in [-0.3, -0.25) is 19.5 Å². The van der Waals surface area contributed by atoms with E-state index >= 15 is 0 Å². The molecule has 15 nitrogen and oxygen atoms in total. The van der Waals surface area contributed by atoms with Crippen molar-refractivity contribution in [3.8, 4) is 0 Å². The third-order valence-corrected chi connectivity index (χ3v) is 6.27. The van der Waals surface area contributed by atoms with E-state index in [1.54, 1.807) is 12.1 Å². The van der Waals surface area contributed by atoms with E-state index in [9.17, 15) is 30.2 Å². The minimum atomic E-state index is -1.25. The minimum absolute atomic E-state index is 0.0436. The number of aliphatic hydroxyl groups excluding tert-OH is 3. The second-order valence-electron chi connectivity index (χ2n) is 8.94. The number of rotatable bonds is 14. The van der Waals surface area contributed by atoms with E-state index in [-0.39, 0.29) is 11.6 Å². The highest BCUT2D eigenvalue weighted by Gasteiger charge is 2.44. The number of hydrogen-bond donors (Lipinski definition) is 5. The van der Waals surface area contributed by atoms with Crippen molar-refractivity contribution in [1.82, 2.24) is 24.8 Å². The Hall–Kier alpha value is -3.76. The Labute approximate surface area is 223 Å². The monoisotopic (exact) mass is 545 g/mol. The zero-order valence-corrected chi connectivity index (χ0v) is 21.0. The maximum Gasteiger partial charge on any atom is 0.269 e. The topological polar surface area (TPSA) is 207 Å². The van der Waals surface area contributed by atoms with Crippen LogP contribution in [0, 0.1) is 10.1 Å². The molecule has 1 fully saturated rings. The Morgan fingerprint density at radius 2 is 1.90 bits per heavy atom. The normalized spacial score (nSPS) is 20.8. The number of nitrogens with one attached hydrogen (secondary N) is 2. The highest BCUT2D eigenvalue weighted by molar-refractivity contribution is 5.82. The molecular weight excluding hydrogens is 514 g/mol. The fraction of sp³-hybridized carbons (Fsp3) is 0.500. The van der Waals surface area contributed by atoms with E-state index in [1.807, 2.05) is 0 Å². The van der Waals surface area contributed by atoms with Crippen molar-refractivity contribution in [3.63, 3.8) is 0 Å². The molecule has 0 radical (unpaired) electrons. The molecule has 210 valence electrons. The molecule has 0 unspecified atom stereocenters. The van der Waals surface area contributed by atoms with Crippen LogP contribution in [0.4, 0.5) is 11.5 Å². The van der Waals surface area contributed by atoms with Gasteiger partial charge < -0.3 is 35.4 Å². The number of carbonyl (C=O) groups excluding carboxylic acids is 1. The number of aryl methyl sites for hydroxylation is 1. The number of non-ortho nitro benzene ring substituents is 1. The van der Waals surface area contributed by atoms with E-state index in [4.69, 9.17) is 9.47 Å². The summed E-state index contributed by atoms with van der Waals surface area (Å²) in [7, 11) is 0. The number of nitrogens with zero attached hydrogens (tertiary/aromatic N) is 5. The average Bonchev–Trinajstić information content (AvgIpc) is 3.49. The number of aromatic nitrogens is 4. The lowest BCUT2D eigenvalue weighted by Crippen LogP contribution is -2.33. The lowest BCUT2D eigenvalue weighted by Gasteiger charge is -2.16. The smallest absolute Gasteiger partial charge is 0.269 e. The van der Waals surface area contributed by atoms with Crippen molar-refractivity contribution >= 4 is 28.6 Å². The molecule has 3 heterocycles. The van der Waals surface area contributed by atoms with Gasteiger partial charge in [0.15, 0.2) is 23.2 Å². The van der Waals surface area contributed by atoms with Crippen LogP contribution in [-0.2, 0) is 20.7 Å². The summed E-state index contributed by atoms with van der Waals surface area (Å²) in [6, 6.07) is 6.31. The highest BCUT2D eigenvalue weighted by Crippen LogP contribution is 2.32. The molecule has 0 bridgehead atoms. The fourth-order valence-corrected chi connectivity index (χ4v) is 4.21. The third kappa shape index (κ3) is 7.01. The number of fused-ring (bicyclic) bond motifs is 1. The summed E-state index contributed by atoms with van der Waals surface area (Å²) in [6.07, 6.45) is 0.0384. The predicted octanol–water partition coefficient (Wildman–Crippen LogP) is -0.0864. The minimum Gasteiger partial charge on any atom is -0.394 e. The van der Waals surface area contributed by atoms with Gasteiger partial charge >= 0.3 is 0 Å². The van der Waals surface area contributed by atoms with E-state index in [1.165, 1.54) is 29.4 Å². The molecule has 3 aromatic rings. The second kappa shape index (κ2) is 13.3. The standard InChI is InChI=1S/C24H31N7O8/c32-12-17-20(34)21(35)24(39-17)30-14-29-19-22(27-13-28-23(19)30)26-9-11-38-10-8-25-18(33)3-1-2-15-4-6-16(7-5-15)31(36)37/h4-7,13-14,17,20-21,24,32,34-35H,1-3,8-12H2,(H,25,33)(H,26,27,28)/t17-,20-,21-,24-/m1/s1. The van der Waals surface area contributed by atoms with E-state index in [0.717, 1.165) is 5.56 Å². The maximum absolute atomic E-state index is 12.0. The number of aliphatic hydroxyl groups is 3. The van der Waals surface area contributed by atoms with Gasteiger partial charge in [-0.2, -0.15) is 0 Å². The van der Waals surface area contributed by atoms with Gasteiger partial charge in [-0.25, -0.2) is 15.0 Å². The summed E-state index contributed by atoms with van der Waals surface area (Å²) in [6.45, 7) is 1.02. The van der Waals surface area contributed by atoms with Gasteiger partial charge in [-0.15, -0.1) is 0 Å². The molecule has 1 aliphatic heterocycles. The first kappa shape index (κ1) is 28.3. The van der Waals surface area contributed by atoms with Crippen LogP contribution in [0.2, 0.25) is 0 Å². The summed E-state index contributed by atoms with van der Waals surface area (Å²) < 4.78 is 12.6. The van der Waals surface area contributed by atoms with E-state index < -0.39 is 36.1 Å². The van der Waals surface area contributed by atoms with Crippen molar-refractivity contribution in [3.05, 3.63) is 52.6 Å². The summed E-state index contributed by atoms with van der Waals surface area (Å²) in [5, 5.41) is 46.2. The second-order valence-corrected chi connectivity index (χ2v) is 8.94. The zero-order valence-electron chi connectivity index (χ0n) is 21.0.